The summed E-state index contributed by atoms with van der Waals surface area (Å²) in [4.78, 5) is 55.2. The smallest absolute Gasteiger partial charge is 0.260 e. The average molecular weight is 845 g/mol. The maximum Gasteiger partial charge on any atom is 0.260 e. The minimum absolute atomic E-state index is 0.0218. The molecule has 0 aliphatic carbocycles. The minimum atomic E-state index is -0.101. The van der Waals surface area contributed by atoms with Gasteiger partial charge in [0, 0.05) is 38.2 Å². The molecule has 15 nitrogen and oxygen atoms in total. The zero-order chi connectivity index (χ0) is 44.9. The van der Waals surface area contributed by atoms with Crippen molar-refractivity contribution in [2.75, 3.05) is 137 Å². The first kappa shape index (κ1) is 53.9. The summed E-state index contributed by atoms with van der Waals surface area (Å²) < 4.78 is 27.7. The van der Waals surface area contributed by atoms with Gasteiger partial charge in [-0.3, -0.25) is 29.0 Å². The number of rotatable bonds is 30. The zero-order valence-electron chi connectivity index (χ0n) is 38.6. The Labute approximate surface area is 360 Å². The van der Waals surface area contributed by atoms with E-state index in [2.05, 4.69) is 39.4 Å². The predicted molar refractivity (Wildman–Crippen MR) is 240 cm³/mol. The van der Waals surface area contributed by atoms with Gasteiger partial charge in [0.1, 0.15) is 18.1 Å². The monoisotopic (exact) mass is 845 g/mol. The van der Waals surface area contributed by atoms with E-state index in [1.165, 1.54) is 0 Å². The molecular weight excluding hydrogens is 769 g/mol. The summed E-state index contributed by atoms with van der Waals surface area (Å²) >= 11 is 0. The number of carbonyl (C=O) groups is 4. The second-order valence-electron chi connectivity index (χ2n) is 14.8. The van der Waals surface area contributed by atoms with Crippen LogP contribution < -0.4 is 20.1 Å². The lowest BCUT2D eigenvalue weighted by atomic mass is 10.1. The summed E-state index contributed by atoms with van der Waals surface area (Å²) in [5, 5.41) is 5.97. The fourth-order valence-electron chi connectivity index (χ4n) is 6.01. The first-order valence-corrected chi connectivity index (χ1v) is 21.3. The van der Waals surface area contributed by atoms with E-state index in [0.717, 1.165) is 85.8 Å². The van der Waals surface area contributed by atoms with Crippen molar-refractivity contribution in [3.8, 4) is 11.5 Å². The molecule has 0 aliphatic rings. The van der Waals surface area contributed by atoms with Gasteiger partial charge in [0.25, 0.3) is 5.91 Å². The van der Waals surface area contributed by atoms with Gasteiger partial charge in [-0.15, -0.1) is 0 Å². The number of nitrogens with one attached hydrogen (secondary N) is 2. The van der Waals surface area contributed by atoms with Crippen molar-refractivity contribution in [3.05, 3.63) is 46.5 Å². The van der Waals surface area contributed by atoms with Crippen molar-refractivity contribution < 1.29 is 42.9 Å². The molecule has 2 rings (SSSR count). The van der Waals surface area contributed by atoms with Gasteiger partial charge in [-0.1, -0.05) is 27.7 Å². The highest BCUT2D eigenvalue weighted by Crippen LogP contribution is 2.27. The number of nitrogens with zero attached hydrogens (tertiary/aromatic N) is 4. The fraction of sp³-hybridized carbons (Fsp3) is 0.644. The van der Waals surface area contributed by atoms with Gasteiger partial charge in [-0.2, -0.15) is 0 Å². The minimum Gasteiger partial charge on any atom is -0.486 e. The van der Waals surface area contributed by atoms with E-state index >= 15 is 0 Å². The SMILES string of the molecule is CCN(CC)CC(=O)Nc1c(C)cc(OCC(=O)N(C)CCCOCCOCCOCCCN(C)C)cc1C.CCN(CC)CC(=O)Nc1c(C)cc(OCC=O)cc1C. The number of hydrogen-bond donors (Lipinski definition) is 2. The Balaban J connectivity index is 0.000000719. The lowest BCUT2D eigenvalue weighted by Crippen LogP contribution is -2.33. The fourth-order valence-corrected chi connectivity index (χ4v) is 6.01. The number of likely N-dealkylation sites (N-methyl/N-ethyl adjacent to an activating group) is 3. The zero-order valence-corrected chi connectivity index (χ0v) is 38.6. The molecule has 15 heteroatoms. The second kappa shape index (κ2) is 31.7. The number of ether oxygens (including phenoxy) is 5. The molecule has 0 heterocycles. The molecule has 0 aromatic heterocycles. The van der Waals surface area contributed by atoms with Crippen molar-refractivity contribution in [2.24, 2.45) is 0 Å². The third-order valence-electron chi connectivity index (χ3n) is 9.59. The van der Waals surface area contributed by atoms with E-state index in [4.69, 9.17) is 23.7 Å². The molecule has 2 N–H and O–H groups in total. The number of aryl methyl sites for hydroxylation is 4. The Morgan fingerprint density at radius 3 is 1.35 bits per heavy atom. The molecule has 2 aromatic carbocycles. The van der Waals surface area contributed by atoms with Gasteiger partial charge in [0.15, 0.2) is 12.9 Å². The molecule has 0 fully saturated rings. The topological polar surface area (TPSA) is 151 Å². The molecule has 340 valence electrons. The molecule has 0 radical (unpaired) electrons. The normalized spacial score (nSPS) is 11.0. The summed E-state index contributed by atoms with van der Waals surface area (Å²) in [7, 11) is 5.86. The maximum absolute atomic E-state index is 12.5. The molecule has 0 bridgehead atoms. The van der Waals surface area contributed by atoms with E-state index in [0.29, 0.717) is 70.5 Å². The number of carbonyl (C=O) groups excluding carboxylic acids is 4. The molecule has 3 amide bonds. The molecule has 0 saturated carbocycles. The van der Waals surface area contributed by atoms with E-state index in [1.54, 1.807) is 11.9 Å². The number of anilines is 2. The summed E-state index contributed by atoms with van der Waals surface area (Å²) in [5.41, 5.74) is 5.23. The lowest BCUT2D eigenvalue weighted by molar-refractivity contribution is -0.132. The maximum atomic E-state index is 12.5. The standard InChI is InChI=1S/C29H52N4O6.C16H24N2O3/c1-8-33(9-2)22-27(34)30-29-24(3)20-26(21-25(29)4)39-23-28(35)32(7)13-11-15-37-17-19-38-18-16-36-14-10-12-31(5)6;1-5-18(6-2)11-15(20)17-16-12(3)9-14(10-13(16)4)21-8-7-19/h20-21H,8-19,22-23H2,1-7H3,(H,30,34);7,9-10H,5-6,8,11H2,1-4H3,(H,17,20). The van der Waals surface area contributed by atoms with Crippen LogP contribution in [0.2, 0.25) is 0 Å². The summed E-state index contributed by atoms with van der Waals surface area (Å²) in [6.45, 7) is 25.0. The lowest BCUT2D eigenvalue weighted by Gasteiger charge is -2.20. The molecule has 2 aromatic rings. The van der Waals surface area contributed by atoms with Crippen LogP contribution in [0.3, 0.4) is 0 Å². The first-order chi connectivity index (χ1) is 28.7. The Hall–Kier alpha value is -4.12. The van der Waals surface area contributed by atoms with Gasteiger partial charge < -0.3 is 44.1 Å². The molecule has 0 spiro atoms. The predicted octanol–water partition coefficient (Wildman–Crippen LogP) is 4.97. The Morgan fingerprint density at radius 2 is 0.967 bits per heavy atom. The van der Waals surface area contributed by atoms with E-state index in [-0.39, 0.29) is 30.9 Å². The number of benzene rings is 2. The van der Waals surface area contributed by atoms with Crippen LogP contribution in [-0.4, -0.2) is 170 Å². The van der Waals surface area contributed by atoms with Crippen LogP contribution in [0.25, 0.3) is 0 Å². The van der Waals surface area contributed by atoms with Crippen LogP contribution in [0.4, 0.5) is 11.4 Å². The van der Waals surface area contributed by atoms with E-state index in [9.17, 15) is 19.2 Å². The van der Waals surface area contributed by atoms with E-state index < -0.39 is 0 Å². The highest BCUT2D eigenvalue weighted by Gasteiger charge is 2.15. The molecule has 0 atom stereocenters. The van der Waals surface area contributed by atoms with Crippen LogP contribution in [0.5, 0.6) is 11.5 Å². The van der Waals surface area contributed by atoms with Crippen molar-refractivity contribution in [1.29, 1.82) is 0 Å². The van der Waals surface area contributed by atoms with Crippen LogP contribution in [-0.2, 0) is 33.4 Å². The van der Waals surface area contributed by atoms with Gasteiger partial charge in [-0.25, -0.2) is 0 Å². The van der Waals surface area contributed by atoms with Crippen LogP contribution in [0.1, 0.15) is 62.8 Å². The third kappa shape index (κ3) is 23.0. The highest BCUT2D eigenvalue weighted by molar-refractivity contribution is 5.94. The largest absolute Gasteiger partial charge is 0.486 e. The molecule has 60 heavy (non-hydrogen) atoms. The average Bonchev–Trinajstić information content (AvgIpc) is 3.21. The highest BCUT2D eigenvalue weighted by atomic mass is 16.5. The number of hydrogen-bond acceptors (Lipinski definition) is 12. The third-order valence-corrected chi connectivity index (χ3v) is 9.59. The van der Waals surface area contributed by atoms with Crippen molar-refractivity contribution in [1.82, 2.24) is 19.6 Å². The van der Waals surface area contributed by atoms with Crippen LogP contribution >= 0.6 is 0 Å². The van der Waals surface area contributed by atoms with Crippen molar-refractivity contribution in [2.45, 2.75) is 68.2 Å². The first-order valence-electron chi connectivity index (χ1n) is 21.3. The molecule has 0 unspecified atom stereocenters. The molecule has 0 aliphatic heterocycles. The summed E-state index contributed by atoms with van der Waals surface area (Å²) in [6.07, 6.45) is 2.46. The molecular formula is C45H76N6O9. The Kier molecular flexibility index (Phi) is 28.5. The van der Waals surface area contributed by atoms with Gasteiger partial charge >= 0.3 is 0 Å². The quantitative estimate of drug-likeness (QED) is 0.0807. The van der Waals surface area contributed by atoms with E-state index in [1.807, 2.05) is 79.7 Å². The van der Waals surface area contributed by atoms with Crippen LogP contribution in [0, 0.1) is 27.7 Å². The number of amides is 3. The number of aldehydes is 1. The second-order valence-corrected chi connectivity index (χ2v) is 14.8. The summed E-state index contributed by atoms with van der Waals surface area (Å²) in [6, 6.07) is 7.34. The Bertz CT molecular complexity index is 1500. The van der Waals surface area contributed by atoms with Gasteiger partial charge in [-0.05, 0) is 134 Å². The van der Waals surface area contributed by atoms with Crippen LogP contribution in [0.15, 0.2) is 24.3 Å². The molecule has 0 saturated heterocycles. The van der Waals surface area contributed by atoms with Crippen molar-refractivity contribution in [3.63, 3.8) is 0 Å². The van der Waals surface area contributed by atoms with Crippen molar-refractivity contribution >= 4 is 35.4 Å². The van der Waals surface area contributed by atoms with Gasteiger partial charge in [0.05, 0.1) is 39.5 Å². The Morgan fingerprint density at radius 1 is 0.583 bits per heavy atom. The van der Waals surface area contributed by atoms with Gasteiger partial charge in [0.2, 0.25) is 11.8 Å². The summed E-state index contributed by atoms with van der Waals surface area (Å²) in [5.74, 6) is 1.08.